The van der Waals surface area contributed by atoms with E-state index in [4.69, 9.17) is 10.00 Å². The second-order valence-corrected chi connectivity index (χ2v) is 4.57. The van der Waals surface area contributed by atoms with Crippen LogP contribution >= 0.6 is 0 Å². The molecule has 0 spiro atoms. The number of halogens is 2. The molecule has 0 saturated heterocycles. The van der Waals surface area contributed by atoms with E-state index >= 15 is 0 Å². The monoisotopic (exact) mass is 288 g/mol. The molecule has 0 saturated carbocycles. The van der Waals surface area contributed by atoms with Gasteiger partial charge in [0.25, 0.3) is 0 Å². The molecule has 0 bridgehead atoms. The van der Waals surface area contributed by atoms with Crippen LogP contribution in [0.1, 0.15) is 24.1 Å². The number of hydrogen-bond acceptors (Lipinski definition) is 3. The van der Waals surface area contributed by atoms with Crippen LogP contribution in [-0.4, -0.2) is 7.11 Å². The third kappa shape index (κ3) is 3.29. The maximum atomic E-state index is 13.8. The minimum atomic E-state index is -0.505. The largest absolute Gasteiger partial charge is 0.494 e. The lowest BCUT2D eigenvalue weighted by Gasteiger charge is -2.17. The van der Waals surface area contributed by atoms with Crippen LogP contribution in [0.15, 0.2) is 36.4 Å². The van der Waals surface area contributed by atoms with Crippen molar-refractivity contribution in [2.24, 2.45) is 0 Å². The lowest BCUT2D eigenvalue weighted by Crippen LogP contribution is -2.08. The van der Waals surface area contributed by atoms with Crippen molar-refractivity contribution < 1.29 is 13.5 Å². The lowest BCUT2D eigenvalue weighted by atomic mass is 10.1. The molecular formula is C16H14F2N2O. The predicted octanol–water partition coefficient (Wildman–Crippen LogP) is 4.02. The van der Waals surface area contributed by atoms with E-state index in [9.17, 15) is 8.78 Å². The summed E-state index contributed by atoms with van der Waals surface area (Å²) in [7, 11) is 1.39. The summed E-state index contributed by atoms with van der Waals surface area (Å²) in [4.78, 5) is 0. The van der Waals surface area contributed by atoms with Gasteiger partial charge in [-0.3, -0.25) is 0 Å². The first-order valence-corrected chi connectivity index (χ1v) is 6.34. The van der Waals surface area contributed by atoms with E-state index < -0.39 is 11.6 Å². The van der Waals surface area contributed by atoms with E-state index in [1.165, 1.54) is 31.4 Å². The number of nitriles is 1. The van der Waals surface area contributed by atoms with E-state index in [1.807, 2.05) is 13.0 Å². The lowest BCUT2D eigenvalue weighted by molar-refractivity contribution is 0.385. The number of nitrogens with one attached hydrogen (secondary N) is 1. The minimum absolute atomic E-state index is 0.140. The fourth-order valence-corrected chi connectivity index (χ4v) is 1.96. The highest BCUT2D eigenvalue weighted by Gasteiger charge is 2.12. The first-order chi connectivity index (χ1) is 10.0. The molecule has 0 heterocycles. The zero-order chi connectivity index (χ0) is 15.4. The fraction of sp³-hybridized carbons (Fsp3) is 0.188. The summed E-state index contributed by atoms with van der Waals surface area (Å²) in [5, 5.41) is 11.7. The second-order valence-electron chi connectivity index (χ2n) is 4.57. The van der Waals surface area contributed by atoms with Crippen molar-refractivity contribution in [1.29, 1.82) is 5.26 Å². The molecule has 1 unspecified atom stereocenters. The Bertz CT molecular complexity index is 695. The van der Waals surface area contributed by atoms with Crippen molar-refractivity contribution in [2.45, 2.75) is 13.0 Å². The summed E-state index contributed by atoms with van der Waals surface area (Å²) in [5.41, 5.74) is 1.30. The van der Waals surface area contributed by atoms with Gasteiger partial charge in [-0.15, -0.1) is 0 Å². The summed E-state index contributed by atoms with van der Waals surface area (Å²) in [6.07, 6.45) is 0. The molecule has 2 rings (SSSR count). The fourth-order valence-electron chi connectivity index (χ4n) is 1.96. The van der Waals surface area contributed by atoms with E-state index in [0.717, 1.165) is 5.56 Å². The van der Waals surface area contributed by atoms with Crippen molar-refractivity contribution in [2.75, 3.05) is 12.4 Å². The molecule has 5 heteroatoms. The van der Waals surface area contributed by atoms with Crippen molar-refractivity contribution in [1.82, 2.24) is 0 Å². The molecule has 21 heavy (non-hydrogen) atoms. The number of rotatable bonds is 4. The van der Waals surface area contributed by atoms with Crippen LogP contribution in [0.25, 0.3) is 0 Å². The summed E-state index contributed by atoms with van der Waals surface area (Å²) >= 11 is 0. The number of methoxy groups -OCH3 is 1. The Kier molecular flexibility index (Phi) is 4.39. The number of ether oxygens (including phenoxy) is 1. The van der Waals surface area contributed by atoms with Gasteiger partial charge in [0.15, 0.2) is 11.6 Å². The number of hydrogen-bond donors (Lipinski definition) is 1. The number of nitrogens with zero attached hydrogens (tertiary/aromatic N) is 1. The van der Waals surface area contributed by atoms with Crippen LogP contribution in [0.3, 0.4) is 0 Å². The predicted molar refractivity (Wildman–Crippen MR) is 76.1 cm³/mol. The molecular weight excluding hydrogens is 274 g/mol. The highest BCUT2D eigenvalue weighted by molar-refractivity contribution is 5.50. The summed E-state index contributed by atoms with van der Waals surface area (Å²) in [6, 6.07) is 10.3. The van der Waals surface area contributed by atoms with Gasteiger partial charge < -0.3 is 10.1 Å². The van der Waals surface area contributed by atoms with Crippen molar-refractivity contribution in [3.8, 4) is 11.8 Å². The van der Waals surface area contributed by atoms with Gasteiger partial charge in [-0.2, -0.15) is 5.26 Å². The molecule has 0 aliphatic carbocycles. The summed E-state index contributed by atoms with van der Waals surface area (Å²) in [5.74, 6) is -0.811. The number of anilines is 1. The molecule has 0 aliphatic heterocycles. The van der Waals surface area contributed by atoms with Gasteiger partial charge in [0.2, 0.25) is 0 Å². The van der Waals surface area contributed by atoms with Gasteiger partial charge in [0.1, 0.15) is 5.82 Å². The molecule has 0 amide bonds. The third-order valence-corrected chi connectivity index (χ3v) is 3.15. The molecule has 3 nitrogen and oxygen atoms in total. The first-order valence-electron chi connectivity index (χ1n) is 6.34. The Hall–Kier alpha value is -2.61. The van der Waals surface area contributed by atoms with Crippen molar-refractivity contribution >= 4 is 5.69 Å². The zero-order valence-electron chi connectivity index (χ0n) is 11.7. The Balaban J connectivity index is 2.22. The molecule has 1 atom stereocenters. The van der Waals surface area contributed by atoms with Gasteiger partial charge in [-0.1, -0.05) is 6.07 Å². The van der Waals surface area contributed by atoms with E-state index in [2.05, 4.69) is 5.32 Å². The smallest absolute Gasteiger partial charge is 0.165 e. The SMILES string of the molecule is COc1cc(C(C)Nc2ccc(C#N)cc2F)ccc1F. The normalized spacial score (nSPS) is 11.6. The Morgan fingerprint density at radius 1 is 1.14 bits per heavy atom. The third-order valence-electron chi connectivity index (χ3n) is 3.15. The topological polar surface area (TPSA) is 45.0 Å². The molecule has 0 radical (unpaired) electrons. The molecule has 0 aliphatic rings. The summed E-state index contributed by atoms with van der Waals surface area (Å²) < 4.78 is 32.1. The Morgan fingerprint density at radius 3 is 2.52 bits per heavy atom. The molecule has 2 aromatic rings. The van der Waals surface area contributed by atoms with Crippen LogP contribution in [0.5, 0.6) is 5.75 Å². The molecule has 2 aromatic carbocycles. The standard InChI is InChI=1S/C16H14F2N2O/c1-10(12-4-5-13(17)16(8-12)21-2)20-15-6-3-11(9-19)7-14(15)18/h3-8,10,20H,1-2H3. The first kappa shape index (κ1) is 14.8. The van der Waals surface area contributed by atoms with Crippen molar-refractivity contribution in [3.05, 3.63) is 59.2 Å². The minimum Gasteiger partial charge on any atom is -0.494 e. The van der Waals surface area contributed by atoms with E-state index in [1.54, 1.807) is 12.1 Å². The Labute approximate surface area is 121 Å². The van der Waals surface area contributed by atoms with Crippen LogP contribution in [-0.2, 0) is 0 Å². The molecule has 0 aromatic heterocycles. The van der Waals surface area contributed by atoms with E-state index in [-0.39, 0.29) is 23.0 Å². The Morgan fingerprint density at radius 2 is 1.90 bits per heavy atom. The maximum absolute atomic E-state index is 13.8. The van der Waals surface area contributed by atoms with Crippen LogP contribution in [0.2, 0.25) is 0 Å². The number of benzene rings is 2. The van der Waals surface area contributed by atoms with Gasteiger partial charge >= 0.3 is 0 Å². The average molecular weight is 288 g/mol. The molecule has 0 fully saturated rings. The van der Waals surface area contributed by atoms with E-state index in [0.29, 0.717) is 0 Å². The van der Waals surface area contributed by atoms with Crippen LogP contribution < -0.4 is 10.1 Å². The summed E-state index contributed by atoms with van der Waals surface area (Å²) in [6.45, 7) is 1.82. The van der Waals surface area contributed by atoms with Gasteiger partial charge in [0.05, 0.1) is 24.4 Å². The molecule has 108 valence electrons. The maximum Gasteiger partial charge on any atom is 0.165 e. The highest BCUT2D eigenvalue weighted by Crippen LogP contribution is 2.26. The highest BCUT2D eigenvalue weighted by atomic mass is 19.1. The van der Waals surface area contributed by atoms with Gasteiger partial charge in [-0.25, -0.2) is 8.78 Å². The van der Waals surface area contributed by atoms with Gasteiger partial charge in [-0.05, 0) is 42.8 Å². The van der Waals surface area contributed by atoms with Crippen LogP contribution in [0.4, 0.5) is 14.5 Å². The van der Waals surface area contributed by atoms with Crippen LogP contribution in [0, 0.1) is 23.0 Å². The molecule has 1 N–H and O–H groups in total. The average Bonchev–Trinajstić information content (AvgIpc) is 2.49. The second kappa shape index (κ2) is 6.23. The van der Waals surface area contributed by atoms with Crippen molar-refractivity contribution in [3.63, 3.8) is 0 Å². The van der Waals surface area contributed by atoms with Gasteiger partial charge in [0, 0.05) is 6.04 Å². The quantitative estimate of drug-likeness (QED) is 0.924. The zero-order valence-corrected chi connectivity index (χ0v) is 11.7.